The fraction of sp³-hybridized carbons (Fsp3) is 0.818. The fourth-order valence-corrected chi connectivity index (χ4v) is 7.25. The van der Waals surface area contributed by atoms with Crippen molar-refractivity contribution in [3.8, 4) is 0 Å². The minimum Gasteiger partial charge on any atom is -0.498 e. The summed E-state index contributed by atoms with van der Waals surface area (Å²) in [5.41, 5.74) is 2.70. The summed E-state index contributed by atoms with van der Waals surface area (Å²) in [6.45, 7) is 9.04. The lowest BCUT2D eigenvalue weighted by molar-refractivity contribution is -0.0449. The Morgan fingerprint density at radius 1 is 1.17 bits per heavy atom. The van der Waals surface area contributed by atoms with Crippen molar-refractivity contribution in [1.82, 2.24) is 0 Å². The molecular formula is C22H32O2. The second-order valence-corrected chi connectivity index (χ2v) is 9.51. The Kier molecular flexibility index (Phi) is 3.16. The van der Waals surface area contributed by atoms with Gasteiger partial charge in [-0.15, -0.1) is 0 Å². The molecule has 0 amide bonds. The van der Waals surface area contributed by atoms with Crippen molar-refractivity contribution in [2.75, 3.05) is 13.2 Å². The second-order valence-electron chi connectivity index (χ2n) is 9.51. The van der Waals surface area contributed by atoms with E-state index in [1.165, 1.54) is 44.3 Å². The van der Waals surface area contributed by atoms with Gasteiger partial charge >= 0.3 is 0 Å². The summed E-state index contributed by atoms with van der Waals surface area (Å²) in [4.78, 5) is 0. The average Bonchev–Trinajstić information content (AvgIpc) is 3.29. The lowest BCUT2D eigenvalue weighted by Gasteiger charge is -2.56. The van der Waals surface area contributed by atoms with Crippen LogP contribution in [0, 0.1) is 28.6 Å². The Labute approximate surface area is 146 Å². The minimum absolute atomic E-state index is 0.280. The van der Waals surface area contributed by atoms with Gasteiger partial charge in [0.25, 0.3) is 0 Å². The molecule has 0 N–H and O–H groups in total. The second kappa shape index (κ2) is 4.90. The van der Waals surface area contributed by atoms with Crippen molar-refractivity contribution in [1.29, 1.82) is 0 Å². The minimum atomic E-state index is 0.280. The summed E-state index contributed by atoms with van der Waals surface area (Å²) in [5.74, 6) is 3.84. The first-order chi connectivity index (χ1) is 11.5. The lowest BCUT2D eigenvalue weighted by atomic mass is 9.48. The van der Waals surface area contributed by atoms with Crippen LogP contribution >= 0.6 is 0 Å². The van der Waals surface area contributed by atoms with Gasteiger partial charge in [0.2, 0.25) is 0 Å². The van der Waals surface area contributed by atoms with Crippen LogP contribution < -0.4 is 0 Å². The van der Waals surface area contributed by atoms with E-state index in [2.05, 4.69) is 32.9 Å². The SMILES string of the molecule is CCOC1=CC2=CC[C@@H]3[C@H](CC[C@@]4(C)[C@H]3CC[C@@]43CO3)[C@@]2(C)CC1. The number of allylic oxidation sites excluding steroid dienone is 4. The van der Waals surface area contributed by atoms with Gasteiger partial charge in [0.1, 0.15) is 0 Å². The van der Waals surface area contributed by atoms with Gasteiger partial charge in [-0.2, -0.15) is 0 Å². The molecule has 1 heterocycles. The maximum Gasteiger partial charge on any atom is 0.0972 e. The van der Waals surface area contributed by atoms with E-state index in [1.54, 1.807) is 5.57 Å². The van der Waals surface area contributed by atoms with Crippen molar-refractivity contribution in [2.45, 2.75) is 71.3 Å². The highest BCUT2D eigenvalue weighted by Crippen LogP contribution is 2.70. The number of hydrogen-bond donors (Lipinski definition) is 0. The molecule has 0 unspecified atom stereocenters. The van der Waals surface area contributed by atoms with Gasteiger partial charge in [0.15, 0.2) is 0 Å². The maximum atomic E-state index is 6.04. The standard InChI is InChI=1S/C22H32O2/c1-4-23-16-7-10-20(2)15(13-16)5-6-17-18(20)8-11-21(3)19(17)9-12-22(21)14-24-22/h5,13,17-19H,4,6-12,14H2,1-3H3/t17-,18+,19+,20+,21+,22-/m1/s1. The number of hydrogen-bond acceptors (Lipinski definition) is 2. The molecule has 2 saturated carbocycles. The Morgan fingerprint density at radius 2 is 1.96 bits per heavy atom. The summed E-state index contributed by atoms with van der Waals surface area (Å²) in [6.07, 6.45) is 14.1. The van der Waals surface area contributed by atoms with E-state index in [-0.39, 0.29) is 5.60 Å². The van der Waals surface area contributed by atoms with Crippen LogP contribution in [0.15, 0.2) is 23.5 Å². The molecule has 2 heteroatoms. The van der Waals surface area contributed by atoms with Crippen LogP contribution in [0.5, 0.6) is 0 Å². The molecule has 0 bridgehead atoms. The first-order valence-electron chi connectivity index (χ1n) is 10.2. The first-order valence-corrected chi connectivity index (χ1v) is 10.2. The normalized spacial score (nSPS) is 52.0. The number of ether oxygens (including phenoxy) is 2. The monoisotopic (exact) mass is 328 g/mol. The summed E-state index contributed by atoms with van der Waals surface area (Å²) in [5, 5.41) is 0. The van der Waals surface area contributed by atoms with E-state index in [9.17, 15) is 0 Å². The van der Waals surface area contributed by atoms with Gasteiger partial charge in [-0.05, 0) is 80.3 Å². The van der Waals surface area contributed by atoms with Crippen molar-refractivity contribution >= 4 is 0 Å². The molecule has 6 atom stereocenters. The molecule has 1 spiro atoms. The zero-order valence-electron chi connectivity index (χ0n) is 15.6. The number of fused-ring (bicyclic) bond motifs is 6. The zero-order chi connectivity index (χ0) is 16.6. The summed E-state index contributed by atoms with van der Waals surface area (Å²) in [7, 11) is 0. The Hall–Kier alpha value is -0.760. The Morgan fingerprint density at radius 3 is 2.71 bits per heavy atom. The highest BCUT2D eigenvalue weighted by Gasteiger charge is 2.69. The molecule has 1 aliphatic heterocycles. The quantitative estimate of drug-likeness (QED) is 0.646. The molecule has 3 fully saturated rings. The summed E-state index contributed by atoms with van der Waals surface area (Å²) in [6, 6.07) is 0. The van der Waals surface area contributed by atoms with Crippen LogP contribution in [0.25, 0.3) is 0 Å². The van der Waals surface area contributed by atoms with Crippen molar-refractivity contribution < 1.29 is 9.47 Å². The Balaban J connectivity index is 1.48. The topological polar surface area (TPSA) is 21.8 Å². The van der Waals surface area contributed by atoms with Crippen LogP contribution in [0.3, 0.4) is 0 Å². The molecule has 5 aliphatic rings. The third-order valence-electron chi connectivity index (χ3n) is 8.84. The predicted octanol–water partition coefficient (Wildman–Crippen LogP) is 5.25. The van der Waals surface area contributed by atoms with E-state index < -0.39 is 0 Å². The molecule has 0 aromatic rings. The van der Waals surface area contributed by atoms with Gasteiger partial charge in [0, 0.05) is 11.8 Å². The van der Waals surface area contributed by atoms with E-state index >= 15 is 0 Å². The predicted molar refractivity (Wildman–Crippen MR) is 95.5 cm³/mol. The van der Waals surface area contributed by atoms with E-state index in [0.717, 1.165) is 37.4 Å². The fourth-order valence-electron chi connectivity index (χ4n) is 7.25. The molecule has 0 aromatic heterocycles. The molecule has 24 heavy (non-hydrogen) atoms. The van der Waals surface area contributed by atoms with Crippen LogP contribution in [-0.2, 0) is 9.47 Å². The van der Waals surface area contributed by atoms with Crippen LogP contribution in [0.1, 0.15) is 65.7 Å². The molecule has 132 valence electrons. The van der Waals surface area contributed by atoms with Crippen molar-refractivity contribution in [3.63, 3.8) is 0 Å². The van der Waals surface area contributed by atoms with Gasteiger partial charge in [0.05, 0.1) is 24.6 Å². The van der Waals surface area contributed by atoms with Gasteiger partial charge in [-0.3, -0.25) is 0 Å². The number of epoxide rings is 1. The molecule has 0 radical (unpaired) electrons. The largest absolute Gasteiger partial charge is 0.498 e. The Bertz CT molecular complexity index is 613. The molecule has 5 rings (SSSR count). The molecular weight excluding hydrogens is 296 g/mol. The smallest absolute Gasteiger partial charge is 0.0972 e. The van der Waals surface area contributed by atoms with Gasteiger partial charge < -0.3 is 9.47 Å². The number of rotatable bonds is 2. The zero-order valence-corrected chi connectivity index (χ0v) is 15.6. The highest BCUT2D eigenvalue weighted by molar-refractivity contribution is 5.36. The molecule has 1 saturated heterocycles. The van der Waals surface area contributed by atoms with E-state index in [4.69, 9.17) is 9.47 Å². The lowest BCUT2D eigenvalue weighted by Crippen LogP contribution is -2.50. The molecule has 4 aliphatic carbocycles. The third kappa shape index (κ3) is 1.81. The van der Waals surface area contributed by atoms with Gasteiger partial charge in [-0.1, -0.05) is 19.9 Å². The maximum absolute atomic E-state index is 6.04. The van der Waals surface area contributed by atoms with Crippen LogP contribution in [0.2, 0.25) is 0 Å². The third-order valence-corrected chi connectivity index (χ3v) is 8.84. The summed E-state index contributed by atoms with van der Waals surface area (Å²) >= 11 is 0. The highest BCUT2D eigenvalue weighted by atomic mass is 16.6. The molecule has 2 nitrogen and oxygen atoms in total. The first kappa shape index (κ1) is 15.5. The van der Waals surface area contributed by atoms with E-state index in [1.807, 2.05) is 0 Å². The summed E-state index contributed by atoms with van der Waals surface area (Å²) < 4.78 is 11.9. The van der Waals surface area contributed by atoms with Crippen LogP contribution in [-0.4, -0.2) is 18.8 Å². The molecule has 0 aromatic carbocycles. The van der Waals surface area contributed by atoms with Crippen molar-refractivity contribution in [2.24, 2.45) is 28.6 Å². The van der Waals surface area contributed by atoms with E-state index in [0.29, 0.717) is 10.8 Å². The van der Waals surface area contributed by atoms with Crippen molar-refractivity contribution in [3.05, 3.63) is 23.5 Å². The average molecular weight is 328 g/mol. The van der Waals surface area contributed by atoms with Gasteiger partial charge in [-0.25, -0.2) is 0 Å². The van der Waals surface area contributed by atoms with Crippen LogP contribution in [0.4, 0.5) is 0 Å².